The molecule has 1 aromatic carbocycles. The first-order chi connectivity index (χ1) is 13.2. The van der Waals surface area contributed by atoms with Crippen molar-refractivity contribution in [3.63, 3.8) is 0 Å². The lowest BCUT2D eigenvalue weighted by atomic mass is 9.88. The van der Waals surface area contributed by atoms with Gasteiger partial charge in [0.1, 0.15) is 6.04 Å². The Labute approximate surface area is 157 Å². The molecule has 0 radical (unpaired) electrons. The monoisotopic (exact) mass is 373 g/mol. The molecule has 2 aliphatic rings. The second kappa shape index (κ2) is 7.48. The van der Waals surface area contributed by atoms with Crippen LogP contribution in [0.4, 0.5) is 0 Å². The maximum Gasteiger partial charge on any atom is 0.231 e. The molecule has 0 amide bonds. The summed E-state index contributed by atoms with van der Waals surface area (Å²) >= 11 is 0. The molecule has 0 fully saturated rings. The third-order valence-corrected chi connectivity index (χ3v) is 5.45. The largest absolute Gasteiger partial charge is 0.492 e. The van der Waals surface area contributed by atoms with E-state index >= 15 is 0 Å². The van der Waals surface area contributed by atoms with E-state index < -0.39 is 0 Å². The molecule has 2 aromatic rings. The molecule has 0 bridgehead atoms. The van der Waals surface area contributed by atoms with Gasteiger partial charge in [0, 0.05) is 38.2 Å². The lowest BCUT2D eigenvalue weighted by molar-refractivity contribution is -0.913. The van der Waals surface area contributed by atoms with Crippen LogP contribution in [0.5, 0.6) is 17.2 Å². The van der Waals surface area contributed by atoms with Crippen molar-refractivity contribution in [1.29, 1.82) is 0 Å². The highest BCUT2D eigenvalue weighted by atomic mass is 16.7. The van der Waals surface area contributed by atoms with Crippen molar-refractivity contribution in [1.82, 2.24) is 9.78 Å². The highest BCUT2D eigenvalue weighted by molar-refractivity contribution is 5.84. The number of benzene rings is 1. The van der Waals surface area contributed by atoms with Crippen LogP contribution in [0, 0.1) is 0 Å². The van der Waals surface area contributed by atoms with Gasteiger partial charge in [0.25, 0.3) is 0 Å². The Bertz CT molecular complexity index is 835. The molecule has 2 atom stereocenters. The van der Waals surface area contributed by atoms with E-state index in [0.717, 1.165) is 35.7 Å². The van der Waals surface area contributed by atoms with E-state index in [2.05, 4.69) is 23.4 Å². The van der Waals surface area contributed by atoms with E-state index in [1.54, 1.807) is 13.3 Å². The number of nitrogens with zero attached hydrogens (tertiary/aromatic N) is 3. The van der Waals surface area contributed by atoms with Crippen LogP contribution in [0.25, 0.3) is 0 Å². The lowest BCUT2D eigenvalue weighted by Gasteiger charge is -2.33. The van der Waals surface area contributed by atoms with Gasteiger partial charge in [-0.3, -0.25) is 4.68 Å². The van der Waals surface area contributed by atoms with Crippen LogP contribution in [0.2, 0.25) is 0 Å². The Balaban J connectivity index is 1.61. The minimum Gasteiger partial charge on any atom is -0.492 e. The number of nitrogens with one attached hydrogen (secondary N) is 1. The summed E-state index contributed by atoms with van der Waals surface area (Å²) in [5.74, 6) is 2.17. The highest BCUT2D eigenvalue weighted by Gasteiger charge is 2.37. The van der Waals surface area contributed by atoms with Gasteiger partial charge in [-0.15, -0.1) is 0 Å². The summed E-state index contributed by atoms with van der Waals surface area (Å²) in [5, 5.41) is 17.4. The zero-order chi connectivity index (χ0) is 18.8. The molecule has 2 aliphatic heterocycles. The minimum atomic E-state index is 0.127. The van der Waals surface area contributed by atoms with Crippen molar-refractivity contribution in [2.75, 3.05) is 27.5 Å². The number of oxime groups is 1. The molecule has 4 rings (SSSR count). The van der Waals surface area contributed by atoms with Gasteiger partial charge in [0.05, 0.1) is 32.0 Å². The number of ether oxygens (including phenoxy) is 3. The number of rotatable bonds is 6. The Morgan fingerprint density at radius 1 is 1.48 bits per heavy atom. The SMILES string of the molecule is COc1c2c(cc3c1[C@H](C/C(CCn1cccn1)=N\O)[NH+](C)CC3)OCO2. The maximum absolute atomic E-state index is 9.57. The summed E-state index contributed by atoms with van der Waals surface area (Å²) in [6.07, 6.45) is 5.89. The fraction of sp³-hybridized carbons (Fsp3) is 0.474. The molecular formula is C19H25N4O4+. The molecule has 8 heteroatoms. The zero-order valence-electron chi connectivity index (χ0n) is 15.6. The number of methoxy groups -OCH3 is 1. The quantitative estimate of drug-likeness (QED) is 0.449. The fourth-order valence-corrected chi connectivity index (χ4v) is 4.00. The van der Waals surface area contributed by atoms with Crippen LogP contribution in [-0.2, 0) is 13.0 Å². The standard InChI is InChI=1S/C19H24N4O4/c1-22-8-4-13-10-16-18(27-12-26-16)19(25-2)17(13)15(22)11-14(21-24)5-9-23-7-3-6-20-23/h3,6-7,10,15,24H,4-5,8-9,11-12H2,1-2H3/p+1/b21-14-/t15-/m0/s1. The third-order valence-electron chi connectivity index (χ3n) is 5.45. The fourth-order valence-electron chi connectivity index (χ4n) is 4.00. The Morgan fingerprint density at radius 2 is 2.37 bits per heavy atom. The Hall–Kier alpha value is -2.74. The van der Waals surface area contributed by atoms with Crippen molar-refractivity contribution in [3.8, 4) is 17.2 Å². The second-order valence-corrected chi connectivity index (χ2v) is 7.00. The van der Waals surface area contributed by atoms with Gasteiger partial charge in [-0.25, -0.2) is 0 Å². The van der Waals surface area contributed by atoms with Crippen LogP contribution in [-0.4, -0.2) is 48.2 Å². The molecule has 2 N–H and O–H groups in total. The smallest absolute Gasteiger partial charge is 0.231 e. The van der Waals surface area contributed by atoms with Gasteiger partial charge in [-0.2, -0.15) is 5.10 Å². The number of aromatic nitrogens is 2. The van der Waals surface area contributed by atoms with Crippen LogP contribution in [0.3, 0.4) is 0 Å². The molecule has 27 heavy (non-hydrogen) atoms. The van der Waals surface area contributed by atoms with Crippen molar-refractivity contribution in [3.05, 3.63) is 35.7 Å². The zero-order valence-corrected chi connectivity index (χ0v) is 15.6. The summed E-state index contributed by atoms with van der Waals surface area (Å²) in [7, 11) is 3.83. The molecule has 0 saturated carbocycles. The first kappa shape index (κ1) is 17.7. The predicted octanol–water partition coefficient (Wildman–Crippen LogP) is 1.04. The first-order valence-electron chi connectivity index (χ1n) is 9.20. The summed E-state index contributed by atoms with van der Waals surface area (Å²) in [6.45, 7) is 1.90. The van der Waals surface area contributed by atoms with Gasteiger partial charge in [-0.05, 0) is 17.7 Å². The third kappa shape index (κ3) is 3.32. The minimum absolute atomic E-state index is 0.127. The number of fused-ring (bicyclic) bond motifs is 2. The molecule has 3 heterocycles. The molecule has 144 valence electrons. The molecule has 8 nitrogen and oxygen atoms in total. The van der Waals surface area contributed by atoms with E-state index in [1.807, 2.05) is 16.9 Å². The number of hydrogen-bond acceptors (Lipinski definition) is 6. The van der Waals surface area contributed by atoms with Crippen molar-refractivity contribution < 1.29 is 24.3 Å². The highest BCUT2D eigenvalue weighted by Crippen LogP contribution is 2.47. The number of quaternary nitrogens is 1. The molecule has 0 aliphatic carbocycles. The summed E-state index contributed by atoms with van der Waals surface area (Å²) in [5.41, 5.74) is 3.10. The molecule has 1 aromatic heterocycles. The van der Waals surface area contributed by atoms with E-state index in [0.29, 0.717) is 25.1 Å². The number of hydrogen-bond donors (Lipinski definition) is 2. The normalized spacial score (nSPS) is 21.2. The van der Waals surface area contributed by atoms with Crippen LogP contribution >= 0.6 is 0 Å². The van der Waals surface area contributed by atoms with Crippen LogP contribution in [0.15, 0.2) is 29.7 Å². The van der Waals surface area contributed by atoms with Gasteiger partial charge < -0.3 is 24.3 Å². The Kier molecular flexibility index (Phi) is 4.89. The maximum atomic E-state index is 9.57. The summed E-state index contributed by atoms with van der Waals surface area (Å²) in [4.78, 5) is 1.36. The average molecular weight is 373 g/mol. The van der Waals surface area contributed by atoms with Gasteiger partial charge >= 0.3 is 0 Å². The van der Waals surface area contributed by atoms with E-state index in [9.17, 15) is 5.21 Å². The topological polar surface area (TPSA) is 82.5 Å². The second-order valence-electron chi connectivity index (χ2n) is 7.00. The lowest BCUT2D eigenvalue weighted by Crippen LogP contribution is -3.10. The van der Waals surface area contributed by atoms with E-state index in [-0.39, 0.29) is 12.8 Å². The van der Waals surface area contributed by atoms with Crippen LogP contribution in [0.1, 0.15) is 30.0 Å². The molecular weight excluding hydrogens is 348 g/mol. The van der Waals surface area contributed by atoms with Gasteiger partial charge in [0.2, 0.25) is 12.5 Å². The Morgan fingerprint density at radius 3 is 3.11 bits per heavy atom. The molecule has 1 unspecified atom stereocenters. The predicted molar refractivity (Wildman–Crippen MR) is 98.0 cm³/mol. The molecule has 0 spiro atoms. The van der Waals surface area contributed by atoms with Crippen molar-refractivity contribution >= 4 is 5.71 Å². The average Bonchev–Trinajstić information content (AvgIpc) is 3.36. The van der Waals surface area contributed by atoms with Gasteiger partial charge in [0.15, 0.2) is 11.5 Å². The first-order valence-corrected chi connectivity index (χ1v) is 9.20. The number of likely N-dealkylation sites (N-methyl/N-ethyl adjacent to an activating group) is 1. The summed E-state index contributed by atoms with van der Waals surface area (Å²) in [6, 6.07) is 4.08. The number of aryl methyl sites for hydroxylation is 1. The van der Waals surface area contributed by atoms with E-state index in [1.165, 1.54) is 10.5 Å². The van der Waals surface area contributed by atoms with Gasteiger partial charge in [-0.1, -0.05) is 5.16 Å². The molecule has 0 saturated heterocycles. The van der Waals surface area contributed by atoms with Crippen LogP contribution < -0.4 is 19.1 Å². The van der Waals surface area contributed by atoms with E-state index in [4.69, 9.17) is 14.2 Å². The van der Waals surface area contributed by atoms with Crippen molar-refractivity contribution in [2.45, 2.75) is 31.8 Å². The summed E-state index contributed by atoms with van der Waals surface area (Å²) < 4.78 is 18.8. The van der Waals surface area contributed by atoms with Crippen molar-refractivity contribution in [2.24, 2.45) is 5.16 Å².